The van der Waals surface area contributed by atoms with Crippen LogP contribution in [0.5, 0.6) is 0 Å². The van der Waals surface area contributed by atoms with Crippen molar-refractivity contribution >= 4 is 15.9 Å². The van der Waals surface area contributed by atoms with Crippen molar-refractivity contribution in [2.45, 2.75) is 32.9 Å². The zero-order valence-electron chi connectivity index (χ0n) is 10.5. The Morgan fingerprint density at radius 1 is 1.31 bits per heavy atom. The van der Waals surface area contributed by atoms with Crippen LogP contribution in [0.25, 0.3) is 0 Å². The second-order valence-corrected chi connectivity index (χ2v) is 5.32. The Kier molecular flexibility index (Phi) is 5.46. The summed E-state index contributed by atoms with van der Waals surface area (Å²) < 4.78 is 1.14. The number of halogens is 1. The number of hydrogen-bond donors (Lipinski definition) is 2. The van der Waals surface area contributed by atoms with E-state index in [1.165, 1.54) is 11.1 Å². The number of hydrogen-bond acceptors (Lipinski definition) is 2. The molecule has 1 unspecified atom stereocenters. The van der Waals surface area contributed by atoms with Crippen LogP contribution in [0.1, 0.15) is 31.0 Å². The van der Waals surface area contributed by atoms with Gasteiger partial charge in [-0.1, -0.05) is 35.8 Å². The molecule has 3 heteroatoms. The normalized spacial score (nSPS) is 13.1. The lowest BCUT2D eigenvalue weighted by molar-refractivity contribution is 0.490. The molecule has 90 valence electrons. The van der Waals surface area contributed by atoms with Crippen LogP contribution in [0.15, 0.2) is 22.7 Å². The molecule has 1 aromatic carbocycles. The van der Waals surface area contributed by atoms with Gasteiger partial charge < -0.3 is 10.6 Å². The average Bonchev–Trinajstić information content (AvgIpc) is 2.23. The van der Waals surface area contributed by atoms with E-state index in [2.05, 4.69) is 65.5 Å². The van der Waals surface area contributed by atoms with E-state index in [4.69, 9.17) is 0 Å². The van der Waals surface area contributed by atoms with Gasteiger partial charge in [-0.05, 0) is 37.2 Å². The SMILES string of the molecule is CNC(CNC(C)C)c1cc(Br)ccc1C. The molecular weight excluding hydrogens is 264 g/mol. The minimum atomic E-state index is 0.361. The van der Waals surface area contributed by atoms with Gasteiger partial charge in [0.2, 0.25) is 0 Å². The monoisotopic (exact) mass is 284 g/mol. The molecule has 0 saturated heterocycles. The first-order chi connectivity index (χ1) is 7.54. The van der Waals surface area contributed by atoms with Crippen molar-refractivity contribution in [3.05, 3.63) is 33.8 Å². The predicted molar refractivity (Wildman–Crippen MR) is 73.8 cm³/mol. The van der Waals surface area contributed by atoms with Gasteiger partial charge in [0.1, 0.15) is 0 Å². The van der Waals surface area contributed by atoms with Gasteiger partial charge in [-0.25, -0.2) is 0 Å². The van der Waals surface area contributed by atoms with Gasteiger partial charge in [-0.15, -0.1) is 0 Å². The first-order valence-corrected chi connectivity index (χ1v) is 6.50. The summed E-state index contributed by atoms with van der Waals surface area (Å²) in [6, 6.07) is 7.31. The third-order valence-corrected chi connectivity index (χ3v) is 3.19. The summed E-state index contributed by atoms with van der Waals surface area (Å²) in [5.41, 5.74) is 2.68. The molecule has 0 radical (unpaired) electrons. The predicted octanol–water partition coefficient (Wildman–Crippen LogP) is 3.02. The Morgan fingerprint density at radius 3 is 2.56 bits per heavy atom. The highest BCUT2D eigenvalue weighted by Crippen LogP contribution is 2.21. The second-order valence-electron chi connectivity index (χ2n) is 4.41. The van der Waals surface area contributed by atoms with Gasteiger partial charge in [0.05, 0.1) is 0 Å². The van der Waals surface area contributed by atoms with Gasteiger partial charge in [0.15, 0.2) is 0 Å². The van der Waals surface area contributed by atoms with E-state index < -0.39 is 0 Å². The number of benzene rings is 1. The Bertz CT molecular complexity index is 337. The first-order valence-electron chi connectivity index (χ1n) is 5.71. The highest BCUT2D eigenvalue weighted by molar-refractivity contribution is 9.10. The number of nitrogens with one attached hydrogen (secondary N) is 2. The molecule has 0 aliphatic rings. The molecular formula is C13H21BrN2. The quantitative estimate of drug-likeness (QED) is 0.869. The van der Waals surface area contributed by atoms with Gasteiger partial charge in [-0.2, -0.15) is 0 Å². The second kappa shape index (κ2) is 6.38. The van der Waals surface area contributed by atoms with Gasteiger partial charge in [-0.3, -0.25) is 0 Å². The average molecular weight is 285 g/mol. The summed E-state index contributed by atoms with van der Waals surface area (Å²) in [5, 5.41) is 6.82. The molecule has 2 N–H and O–H groups in total. The number of rotatable bonds is 5. The van der Waals surface area contributed by atoms with Crippen molar-refractivity contribution in [3.8, 4) is 0 Å². The van der Waals surface area contributed by atoms with Crippen molar-refractivity contribution in [2.75, 3.05) is 13.6 Å². The fourth-order valence-electron chi connectivity index (χ4n) is 1.71. The Hall–Kier alpha value is -0.380. The number of likely N-dealkylation sites (N-methyl/N-ethyl adjacent to an activating group) is 1. The summed E-state index contributed by atoms with van der Waals surface area (Å²) in [6.45, 7) is 7.44. The third-order valence-electron chi connectivity index (χ3n) is 2.70. The highest BCUT2D eigenvalue weighted by Gasteiger charge is 2.12. The molecule has 1 rings (SSSR count). The molecule has 0 saturated carbocycles. The van der Waals surface area contributed by atoms with Gasteiger partial charge in [0, 0.05) is 23.1 Å². The maximum Gasteiger partial charge on any atom is 0.0447 e. The fourth-order valence-corrected chi connectivity index (χ4v) is 2.09. The van der Waals surface area contributed by atoms with Crippen molar-refractivity contribution in [1.29, 1.82) is 0 Å². The Balaban J connectivity index is 2.81. The molecule has 0 spiro atoms. The third kappa shape index (κ3) is 3.89. The lowest BCUT2D eigenvalue weighted by atomic mass is 10.0. The van der Waals surface area contributed by atoms with E-state index in [0.717, 1.165) is 11.0 Å². The molecule has 0 aliphatic carbocycles. The Labute approximate surface area is 107 Å². The smallest absolute Gasteiger partial charge is 0.0447 e. The maximum atomic E-state index is 3.53. The van der Waals surface area contributed by atoms with E-state index in [9.17, 15) is 0 Å². The van der Waals surface area contributed by atoms with E-state index in [-0.39, 0.29) is 0 Å². The zero-order chi connectivity index (χ0) is 12.1. The molecule has 1 atom stereocenters. The molecule has 0 amide bonds. The first kappa shape index (κ1) is 13.7. The molecule has 1 aromatic rings. The fraction of sp³-hybridized carbons (Fsp3) is 0.538. The summed E-state index contributed by atoms with van der Waals surface area (Å²) in [6.07, 6.45) is 0. The summed E-state index contributed by atoms with van der Waals surface area (Å²) >= 11 is 3.53. The van der Waals surface area contributed by atoms with Crippen molar-refractivity contribution < 1.29 is 0 Å². The standard InChI is InChI=1S/C13H21BrN2/c1-9(2)16-8-13(15-4)12-7-11(14)6-5-10(12)3/h5-7,9,13,15-16H,8H2,1-4H3. The van der Waals surface area contributed by atoms with Crippen LogP contribution in [0.2, 0.25) is 0 Å². The topological polar surface area (TPSA) is 24.1 Å². The highest BCUT2D eigenvalue weighted by atomic mass is 79.9. The molecule has 2 nitrogen and oxygen atoms in total. The van der Waals surface area contributed by atoms with Crippen molar-refractivity contribution in [3.63, 3.8) is 0 Å². The Morgan fingerprint density at radius 2 is 2.00 bits per heavy atom. The molecule has 0 heterocycles. The van der Waals surface area contributed by atoms with Crippen LogP contribution >= 0.6 is 15.9 Å². The molecule has 0 bridgehead atoms. The van der Waals surface area contributed by atoms with Crippen LogP contribution in [0.3, 0.4) is 0 Å². The van der Waals surface area contributed by atoms with Crippen LogP contribution in [0, 0.1) is 6.92 Å². The van der Waals surface area contributed by atoms with E-state index in [1.54, 1.807) is 0 Å². The largest absolute Gasteiger partial charge is 0.313 e. The van der Waals surface area contributed by atoms with Crippen molar-refractivity contribution in [2.24, 2.45) is 0 Å². The molecule has 0 fully saturated rings. The lowest BCUT2D eigenvalue weighted by Crippen LogP contribution is -2.33. The van der Waals surface area contributed by atoms with E-state index >= 15 is 0 Å². The van der Waals surface area contributed by atoms with Crippen LogP contribution in [-0.2, 0) is 0 Å². The lowest BCUT2D eigenvalue weighted by Gasteiger charge is -2.21. The minimum absolute atomic E-state index is 0.361. The van der Waals surface area contributed by atoms with Crippen molar-refractivity contribution in [1.82, 2.24) is 10.6 Å². The molecule has 0 aromatic heterocycles. The van der Waals surface area contributed by atoms with Gasteiger partial charge in [0.25, 0.3) is 0 Å². The summed E-state index contributed by atoms with van der Waals surface area (Å²) in [7, 11) is 2.01. The van der Waals surface area contributed by atoms with Crippen LogP contribution in [0.4, 0.5) is 0 Å². The summed E-state index contributed by atoms with van der Waals surface area (Å²) in [4.78, 5) is 0. The van der Waals surface area contributed by atoms with E-state index in [1.807, 2.05) is 7.05 Å². The van der Waals surface area contributed by atoms with Crippen LogP contribution in [-0.4, -0.2) is 19.6 Å². The zero-order valence-corrected chi connectivity index (χ0v) is 12.1. The van der Waals surface area contributed by atoms with E-state index in [0.29, 0.717) is 12.1 Å². The molecule has 0 aliphatic heterocycles. The molecule has 16 heavy (non-hydrogen) atoms. The minimum Gasteiger partial charge on any atom is -0.313 e. The maximum absolute atomic E-state index is 3.53. The number of aryl methyl sites for hydroxylation is 1. The summed E-state index contributed by atoms with van der Waals surface area (Å²) in [5.74, 6) is 0. The van der Waals surface area contributed by atoms with Crippen LogP contribution < -0.4 is 10.6 Å². The van der Waals surface area contributed by atoms with Gasteiger partial charge >= 0.3 is 0 Å².